The highest BCUT2D eigenvalue weighted by Crippen LogP contribution is 2.25. The Morgan fingerprint density at radius 3 is 2.54 bits per heavy atom. The van der Waals surface area contributed by atoms with E-state index in [4.69, 9.17) is 4.74 Å². The maximum Gasteiger partial charge on any atom is 0.243 e. The zero-order valence-corrected chi connectivity index (χ0v) is 16.3. The summed E-state index contributed by atoms with van der Waals surface area (Å²) in [7, 11) is -1.49. The Bertz CT molecular complexity index is 590. The number of hydrogen-bond acceptors (Lipinski definition) is 4. The molecule has 1 aliphatic rings. The number of nitrogens with one attached hydrogen (secondary N) is 1. The van der Waals surface area contributed by atoms with E-state index in [1.165, 1.54) is 0 Å². The number of benzene rings is 1. The van der Waals surface area contributed by atoms with E-state index in [0.29, 0.717) is 36.4 Å². The lowest BCUT2D eigenvalue weighted by Crippen LogP contribution is -2.30. The van der Waals surface area contributed by atoms with Crippen molar-refractivity contribution in [3.63, 3.8) is 0 Å². The molecule has 1 unspecified atom stereocenters. The lowest BCUT2D eigenvalue weighted by Gasteiger charge is -2.17. The number of ether oxygens (including phenoxy) is 1. The largest absolute Gasteiger partial charge is 0.494 e. The fraction of sp³-hybridized carbons (Fsp3) is 0.647. The first-order valence-corrected chi connectivity index (χ1v) is 9.75. The van der Waals surface area contributed by atoms with Crippen LogP contribution >= 0.6 is 12.4 Å². The van der Waals surface area contributed by atoms with Crippen molar-refractivity contribution >= 4 is 22.4 Å². The van der Waals surface area contributed by atoms with E-state index in [2.05, 4.69) is 19.2 Å². The van der Waals surface area contributed by atoms with Gasteiger partial charge in [0, 0.05) is 13.1 Å². The van der Waals surface area contributed by atoms with Crippen LogP contribution in [0.2, 0.25) is 0 Å². The molecule has 138 valence electrons. The molecule has 1 aromatic rings. The molecule has 1 aromatic carbocycles. The van der Waals surface area contributed by atoms with Gasteiger partial charge in [-0.2, -0.15) is 4.31 Å². The standard InChI is InChI=1S/C17H28N2O3S.ClH/c1-14(2)9-11-22-16-4-6-17(7-5-16)23(20,21)19-10-8-15(13-19)12-18-3;/h4-7,14-15,18H,8-13H2,1-3H3;1H. The van der Waals surface area contributed by atoms with E-state index < -0.39 is 10.0 Å². The average Bonchev–Trinajstić information content (AvgIpc) is 2.97. The van der Waals surface area contributed by atoms with Crippen molar-refractivity contribution in [2.75, 3.05) is 33.3 Å². The van der Waals surface area contributed by atoms with E-state index in [-0.39, 0.29) is 12.4 Å². The Hall–Kier alpha value is -0.820. The SMILES string of the molecule is CNCC1CCN(S(=O)(=O)c2ccc(OCCC(C)C)cc2)C1.Cl. The fourth-order valence-corrected chi connectivity index (χ4v) is 4.27. The van der Waals surface area contributed by atoms with Crippen molar-refractivity contribution in [2.45, 2.75) is 31.6 Å². The van der Waals surface area contributed by atoms with E-state index >= 15 is 0 Å². The smallest absolute Gasteiger partial charge is 0.243 e. The summed E-state index contributed by atoms with van der Waals surface area (Å²) in [6, 6.07) is 6.78. The third-order valence-corrected chi connectivity index (χ3v) is 6.05. The molecule has 1 N–H and O–H groups in total. The molecular formula is C17H29ClN2O3S. The molecule has 24 heavy (non-hydrogen) atoms. The van der Waals surface area contributed by atoms with Crippen LogP contribution in [0.15, 0.2) is 29.2 Å². The van der Waals surface area contributed by atoms with E-state index in [0.717, 1.165) is 25.1 Å². The van der Waals surface area contributed by atoms with Crippen molar-refractivity contribution < 1.29 is 13.2 Å². The van der Waals surface area contributed by atoms with Crippen LogP contribution in [0.5, 0.6) is 5.75 Å². The molecule has 1 saturated heterocycles. The zero-order valence-electron chi connectivity index (χ0n) is 14.7. The minimum Gasteiger partial charge on any atom is -0.494 e. The van der Waals surface area contributed by atoms with E-state index in [1.807, 2.05) is 7.05 Å². The number of hydrogen-bond donors (Lipinski definition) is 1. The van der Waals surface area contributed by atoms with Gasteiger partial charge >= 0.3 is 0 Å². The summed E-state index contributed by atoms with van der Waals surface area (Å²) in [4.78, 5) is 0.346. The Morgan fingerprint density at radius 2 is 1.96 bits per heavy atom. The molecule has 1 aliphatic heterocycles. The lowest BCUT2D eigenvalue weighted by molar-refractivity contribution is 0.289. The van der Waals surface area contributed by atoms with Crippen LogP contribution in [0.1, 0.15) is 26.7 Å². The second-order valence-electron chi connectivity index (χ2n) is 6.58. The molecular weight excluding hydrogens is 348 g/mol. The van der Waals surface area contributed by atoms with Crippen molar-refractivity contribution in [1.29, 1.82) is 0 Å². The molecule has 0 aliphatic carbocycles. The summed E-state index contributed by atoms with van der Waals surface area (Å²) in [5.74, 6) is 1.71. The summed E-state index contributed by atoms with van der Waals surface area (Å²) in [5.41, 5.74) is 0. The first kappa shape index (κ1) is 21.2. The summed E-state index contributed by atoms with van der Waals surface area (Å²) >= 11 is 0. The third-order valence-electron chi connectivity index (χ3n) is 4.17. The molecule has 0 saturated carbocycles. The van der Waals surface area contributed by atoms with Gasteiger partial charge in [-0.1, -0.05) is 13.8 Å². The van der Waals surface area contributed by atoms with E-state index in [1.54, 1.807) is 28.6 Å². The molecule has 0 spiro atoms. The quantitative estimate of drug-likeness (QED) is 0.757. The molecule has 0 radical (unpaired) electrons. The number of sulfonamides is 1. The van der Waals surface area contributed by atoms with Crippen LogP contribution in [-0.4, -0.2) is 46.0 Å². The number of rotatable bonds is 8. The van der Waals surface area contributed by atoms with Gasteiger partial charge < -0.3 is 10.1 Å². The Labute approximate surface area is 152 Å². The molecule has 1 fully saturated rings. The zero-order chi connectivity index (χ0) is 16.9. The molecule has 5 nitrogen and oxygen atoms in total. The minimum absolute atomic E-state index is 0. The first-order valence-electron chi connectivity index (χ1n) is 8.31. The summed E-state index contributed by atoms with van der Waals surface area (Å²) in [6.07, 6.45) is 1.90. The third kappa shape index (κ3) is 5.62. The predicted octanol–water partition coefficient (Wildman–Crippen LogP) is 2.76. The van der Waals surface area contributed by atoms with Gasteiger partial charge in [-0.15, -0.1) is 12.4 Å². The normalized spacial score (nSPS) is 18.6. The summed E-state index contributed by atoms with van der Waals surface area (Å²) in [6.45, 7) is 7.00. The predicted molar refractivity (Wildman–Crippen MR) is 99.4 cm³/mol. The van der Waals surface area contributed by atoms with Gasteiger partial charge in [0.15, 0.2) is 0 Å². The van der Waals surface area contributed by atoms with Gasteiger partial charge in [-0.25, -0.2) is 8.42 Å². The van der Waals surface area contributed by atoms with Crippen molar-refractivity contribution in [2.24, 2.45) is 11.8 Å². The Kier molecular flexibility index (Phi) is 8.50. The highest BCUT2D eigenvalue weighted by molar-refractivity contribution is 7.89. The lowest BCUT2D eigenvalue weighted by atomic mass is 10.1. The maximum atomic E-state index is 12.7. The number of halogens is 1. The molecule has 1 heterocycles. The van der Waals surface area contributed by atoms with Crippen LogP contribution in [0.25, 0.3) is 0 Å². The van der Waals surface area contributed by atoms with Gasteiger partial charge in [0.05, 0.1) is 11.5 Å². The van der Waals surface area contributed by atoms with Crippen LogP contribution in [0.3, 0.4) is 0 Å². The first-order chi connectivity index (χ1) is 10.9. The monoisotopic (exact) mass is 376 g/mol. The van der Waals surface area contributed by atoms with Crippen molar-refractivity contribution in [3.8, 4) is 5.75 Å². The highest BCUT2D eigenvalue weighted by atomic mass is 35.5. The molecule has 1 atom stereocenters. The fourth-order valence-electron chi connectivity index (χ4n) is 2.74. The summed E-state index contributed by atoms with van der Waals surface area (Å²) < 4.78 is 32.6. The van der Waals surface area contributed by atoms with Crippen molar-refractivity contribution in [1.82, 2.24) is 9.62 Å². The van der Waals surface area contributed by atoms with Crippen molar-refractivity contribution in [3.05, 3.63) is 24.3 Å². The number of nitrogens with zero attached hydrogens (tertiary/aromatic N) is 1. The average molecular weight is 377 g/mol. The van der Waals surface area contributed by atoms with Gasteiger partial charge in [-0.3, -0.25) is 0 Å². The van der Waals surface area contributed by atoms with Crippen LogP contribution in [-0.2, 0) is 10.0 Å². The maximum absolute atomic E-state index is 12.7. The molecule has 2 rings (SSSR count). The second-order valence-corrected chi connectivity index (χ2v) is 8.52. The summed E-state index contributed by atoms with van der Waals surface area (Å²) in [5, 5.41) is 3.12. The van der Waals surface area contributed by atoms with Gasteiger partial charge in [0.25, 0.3) is 0 Å². The highest BCUT2D eigenvalue weighted by Gasteiger charge is 2.32. The van der Waals surface area contributed by atoms with Crippen LogP contribution in [0, 0.1) is 11.8 Å². The van der Waals surface area contributed by atoms with Gasteiger partial charge in [0.2, 0.25) is 10.0 Å². The Morgan fingerprint density at radius 1 is 1.29 bits per heavy atom. The molecule has 0 bridgehead atoms. The van der Waals surface area contributed by atoms with Crippen LogP contribution in [0.4, 0.5) is 0 Å². The molecule has 0 amide bonds. The van der Waals surface area contributed by atoms with E-state index in [9.17, 15) is 8.42 Å². The topological polar surface area (TPSA) is 58.6 Å². The molecule has 7 heteroatoms. The van der Waals surface area contributed by atoms with Gasteiger partial charge in [0.1, 0.15) is 5.75 Å². The van der Waals surface area contributed by atoms with Gasteiger partial charge in [-0.05, 0) is 62.5 Å². The second kappa shape index (κ2) is 9.61. The minimum atomic E-state index is -3.39. The van der Waals surface area contributed by atoms with Crippen LogP contribution < -0.4 is 10.1 Å². The Balaban J connectivity index is 0.00000288. The molecule has 0 aromatic heterocycles.